The summed E-state index contributed by atoms with van der Waals surface area (Å²) in [4.78, 5) is 12.3. The highest BCUT2D eigenvalue weighted by Gasteiger charge is 2.32. The molecule has 1 aliphatic rings. The van der Waals surface area contributed by atoms with E-state index in [2.05, 4.69) is 10.9 Å². The number of amides is 1. The second-order valence-electron chi connectivity index (χ2n) is 6.11. The van der Waals surface area contributed by atoms with E-state index in [9.17, 15) is 17.6 Å². The molecule has 6 nitrogen and oxygen atoms in total. The molecular weight excluding hydrogens is 357 g/mol. The minimum absolute atomic E-state index is 0.0625. The van der Waals surface area contributed by atoms with Crippen molar-refractivity contribution in [2.45, 2.75) is 17.7 Å². The van der Waals surface area contributed by atoms with Crippen molar-refractivity contribution in [2.75, 3.05) is 18.5 Å². The van der Waals surface area contributed by atoms with Crippen molar-refractivity contribution in [2.24, 2.45) is 5.92 Å². The molecule has 1 saturated heterocycles. The number of hydrogen-bond acceptors (Lipinski definition) is 4. The van der Waals surface area contributed by atoms with E-state index in [0.29, 0.717) is 12.8 Å². The molecule has 1 fully saturated rings. The number of para-hydroxylation sites is 1. The number of nitrogens with zero attached hydrogens (tertiary/aromatic N) is 1. The summed E-state index contributed by atoms with van der Waals surface area (Å²) in [7, 11) is -3.66. The first-order chi connectivity index (χ1) is 12.5. The van der Waals surface area contributed by atoms with Crippen LogP contribution in [0.25, 0.3) is 0 Å². The van der Waals surface area contributed by atoms with E-state index in [1.807, 2.05) is 30.3 Å². The SMILES string of the molecule is O=C(NNc1ccccc1)C1CCN(S(=O)(=O)c2ccc(F)cc2)CC1. The molecule has 0 unspecified atom stereocenters. The Morgan fingerprint density at radius 3 is 2.23 bits per heavy atom. The van der Waals surface area contributed by atoms with Crippen LogP contribution in [0.1, 0.15) is 12.8 Å². The third-order valence-corrected chi connectivity index (χ3v) is 6.29. The van der Waals surface area contributed by atoms with Gasteiger partial charge in [0.05, 0.1) is 10.6 Å². The summed E-state index contributed by atoms with van der Waals surface area (Å²) in [6, 6.07) is 14.0. The van der Waals surface area contributed by atoms with Crippen LogP contribution in [-0.4, -0.2) is 31.7 Å². The topological polar surface area (TPSA) is 78.5 Å². The molecule has 0 atom stereocenters. The molecule has 2 aromatic rings. The normalized spacial score (nSPS) is 16.2. The van der Waals surface area contributed by atoms with Gasteiger partial charge in [0, 0.05) is 19.0 Å². The molecule has 0 spiro atoms. The molecule has 0 saturated carbocycles. The van der Waals surface area contributed by atoms with E-state index in [1.165, 1.54) is 16.4 Å². The number of piperidine rings is 1. The van der Waals surface area contributed by atoms with Gasteiger partial charge in [-0.15, -0.1) is 0 Å². The number of hydrazine groups is 1. The van der Waals surface area contributed by atoms with Gasteiger partial charge in [-0.3, -0.25) is 15.6 Å². The van der Waals surface area contributed by atoms with Crippen LogP contribution in [0.5, 0.6) is 0 Å². The second-order valence-corrected chi connectivity index (χ2v) is 8.05. The average Bonchev–Trinajstić information content (AvgIpc) is 2.67. The largest absolute Gasteiger partial charge is 0.299 e. The Morgan fingerprint density at radius 2 is 1.62 bits per heavy atom. The highest BCUT2D eigenvalue weighted by atomic mass is 32.2. The zero-order valence-corrected chi connectivity index (χ0v) is 14.9. The van der Waals surface area contributed by atoms with E-state index >= 15 is 0 Å². The second kappa shape index (κ2) is 7.84. The maximum Gasteiger partial charge on any atom is 0.243 e. The summed E-state index contributed by atoms with van der Waals surface area (Å²) >= 11 is 0. The summed E-state index contributed by atoms with van der Waals surface area (Å²) < 4.78 is 39.5. The zero-order valence-electron chi connectivity index (χ0n) is 14.1. The first-order valence-corrected chi connectivity index (χ1v) is 9.77. The molecule has 0 bridgehead atoms. The van der Waals surface area contributed by atoms with E-state index < -0.39 is 15.8 Å². The molecule has 0 radical (unpaired) electrons. The molecule has 1 amide bonds. The number of carbonyl (C=O) groups is 1. The fraction of sp³-hybridized carbons (Fsp3) is 0.278. The van der Waals surface area contributed by atoms with Crippen LogP contribution >= 0.6 is 0 Å². The van der Waals surface area contributed by atoms with Gasteiger partial charge in [0.25, 0.3) is 0 Å². The van der Waals surface area contributed by atoms with Crippen molar-refractivity contribution < 1.29 is 17.6 Å². The summed E-state index contributed by atoms with van der Waals surface area (Å²) in [6.45, 7) is 0.506. The maximum atomic E-state index is 13.0. The smallest absolute Gasteiger partial charge is 0.243 e. The third-order valence-electron chi connectivity index (χ3n) is 4.38. The van der Waals surface area contributed by atoms with Crippen molar-refractivity contribution in [1.29, 1.82) is 0 Å². The molecule has 3 rings (SSSR count). The van der Waals surface area contributed by atoms with Gasteiger partial charge in [-0.05, 0) is 49.2 Å². The van der Waals surface area contributed by atoms with Crippen LogP contribution < -0.4 is 10.9 Å². The Morgan fingerprint density at radius 1 is 1.00 bits per heavy atom. The number of hydrogen-bond donors (Lipinski definition) is 2. The highest BCUT2D eigenvalue weighted by molar-refractivity contribution is 7.89. The predicted octanol–water partition coefficient (Wildman–Crippen LogP) is 2.37. The number of halogens is 1. The van der Waals surface area contributed by atoms with Crippen molar-refractivity contribution >= 4 is 21.6 Å². The Hall–Kier alpha value is -2.45. The molecule has 0 aliphatic carbocycles. The molecule has 1 heterocycles. The lowest BCUT2D eigenvalue weighted by molar-refractivity contribution is -0.125. The number of benzene rings is 2. The van der Waals surface area contributed by atoms with Crippen LogP contribution in [0.15, 0.2) is 59.5 Å². The van der Waals surface area contributed by atoms with E-state index in [1.54, 1.807) is 0 Å². The number of carbonyl (C=O) groups excluding carboxylic acids is 1. The fourth-order valence-corrected chi connectivity index (χ4v) is 4.34. The van der Waals surface area contributed by atoms with E-state index in [-0.39, 0.29) is 29.8 Å². The molecule has 2 aromatic carbocycles. The first-order valence-electron chi connectivity index (χ1n) is 8.33. The van der Waals surface area contributed by atoms with Gasteiger partial charge in [-0.25, -0.2) is 12.8 Å². The summed E-state index contributed by atoms with van der Waals surface area (Å²) in [5, 5.41) is 0. The van der Waals surface area contributed by atoms with Gasteiger partial charge in [0.15, 0.2) is 0 Å². The molecule has 26 heavy (non-hydrogen) atoms. The summed E-state index contributed by atoms with van der Waals surface area (Å²) in [5.74, 6) is -0.899. The molecule has 0 aromatic heterocycles. The number of sulfonamides is 1. The van der Waals surface area contributed by atoms with Crippen LogP contribution in [0, 0.1) is 11.7 Å². The lowest BCUT2D eigenvalue weighted by Crippen LogP contribution is -2.44. The predicted molar refractivity (Wildman–Crippen MR) is 96.1 cm³/mol. The standard InChI is InChI=1S/C18H20FN3O3S/c19-15-6-8-17(9-7-15)26(24,25)22-12-10-14(11-13-22)18(23)21-20-16-4-2-1-3-5-16/h1-9,14,20H,10-13H2,(H,21,23). The van der Waals surface area contributed by atoms with Crippen LogP contribution in [0.3, 0.4) is 0 Å². The monoisotopic (exact) mass is 377 g/mol. The quantitative estimate of drug-likeness (QED) is 0.784. The van der Waals surface area contributed by atoms with Crippen LogP contribution in [0.2, 0.25) is 0 Å². The number of rotatable bonds is 5. The fourth-order valence-electron chi connectivity index (χ4n) is 2.87. The molecule has 138 valence electrons. The Kier molecular flexibility index (Phi) is 5.53. The van der Waals surface area contributed by atoms with Gasteiger partial charge in [0.1, 0.15) is 5.82 Å². The Bertz CT molecular complexity index is 849. The van der Waals surface area contributed by atoms with Gasteiger partial charge >= 0.3 is 0 Å². The van der Waals surface area contributed by atoms with Crippen LogP contribution in [0.4, 0.5) is 10.1 Å². The van der Waals surface area contributed by atoms with Gasteiger partial charge in [-0.2, -0.15) is 4.31 Å². The number of anilines is 1. The van der Waals surface area contributed by atoms with Gasteiger partial charge < -0.3 is 0 Å². The Balaban J connectivity index is 1.55. The van der Waals surface area contributed by atoms with Gasteiger partial charge in [0.2, 0.25) is 15.9 Å². The highest BCUT2D eigenvalue weighted by Crippen LogP contribution is 2.24. The summed E-state index contributed by atoms with van der Waals surface area (Å²) in [5.41, 5.74) is 6.28. The summed E-state index contributed by atoms with van der Waals surface area (Å²) in [6.07, 6.45) is 0.867. The van der Waals surface area contributed by atoms with Gasteiger partial charge in [-0.1, -0.05) is 18.2 Å². The third kappa shape index (κ3) is 4.20. The molecule has 2 N–H and O–H groups in total. The van der Waals surface area contributed by atoms with Crippen molar-refractivity contribution in [3.8, 4) is 0 Å². The van der Waals surface area contributed by atoms with Crippen molar-refractivity contribution in [3.05, 3.63) is 60.4 Å². The van der Waals surface area contributed by atoms with Crippen molar-refractivity contribution in [1.82, 2.24) is 9.73 Å². The minimum atomic E-state index is -3.66. The number of nitrogens with one attached hydrogen (secondary N) is 2. The molecular formula is C18H20FN3O3S. The average molecular weight is 377 g/mol. The van der Waals surface area contributed by atoms with E-state index in [4.69, 9.17) is 0 Å². The molecule has 8 heteroatoms. The maximum absolute atomic E-state index is 13.0. The van der Waals surface area contributed by atoms with Crippen LogP contribution in [-0.2, 0) is 14.8 Å². The lowest BCUT2D eigenvalue weighted by Gasteiger charge is -2.30. The van der Waals surface area contributed by atoms with Crippen molar-refractivity contribution in [3.63, 3.8) is 0 Å². The first kappa shape index (κ1) is 18.3. The molecule has 1 aliphatic heterocycles. The van der Waals surface area contributed by atoms with E-state index in [0.717, 1.165) is 17.8 Å². The minimum Gasteiger partial charge on any atom is -0.299 e. The Labute approximate surface area is 152 Å². The lowest BCUT2D eigenvalue weighted by atomic mass is 9.98. The zero-order chi connectivity index (χ0) is 18.6.